The van der Waals surface area contributed by atoms with Crippen LogP contribution in [-0.4, -0.2) is 43.2 Å². The molecule has 8 nitrogen and oxygen atoms in total. The fraction of sp³-hybridized carbons (Fsp3) is 0.304. The summed E-state index contributed by atoms with van der Waals surface area (Å²) in [5, 5.41) is 5.48. The first kappa shape index (κ1) is 22.0. The average Bonchev–Trinajstić information content (AvgIpc) is 2.78. The largest absolute Gasteiger partial charge is 0.482 e. The highest BCUT2D eigenvalue weighted by atomic mass is 16.5. The summed E-state index contributed by atoms with van der Waals surface area (Å²) >= 11 is 0. The Balaban J connectivity index is 1.64. The number of fused-ring (bicyclic) bond motifs is 1. The van der Waals surface area contributed by atoms with Gasteiger partial charge in [0.2, 0.25) is 11.8 Å². The van der Waals surface area contributed by atoms with Gasteiger partial charge in [-0.25, -0.2) is 0 Å². The average molecular weight is 423 g/mol. The molecule has 2 aromatic carbocycles. The lowest BCUT2D eigenvalue weighted by molar-refractivity contribution is -0.125. The molecule has 0 saturated carbocycles. The zero-order chi connectivity index (χ0) is 22.2. The van der Waals surface area contributed by atoms with Crippen LogP contribution in [0.2, 0.25) is 0 Å². The number of nitrogens with zero attached hydrogens (tertiary/aromatic N) is 1. The zero-order valence-corrected chi connectivity index (χ0v) is 17.3. The van der Waals surface area contributed by atoms with Crippen molar-refractivity contribution in [2.75, 3.05) is 29.9 Å². The Kier molecular flexibility index (Phi) is 7.37. The van der Waals surface area contributed by atoms with E-state index in [4.69, 9.17) is 4.74 Å². The molecule has 1 aliphatic rings. The van der Waals surface area contributed by atoms with Crippen molar-refractivity contribution in [3.8, 4) is 5.75 Å². The van der Waals surface area contributed by atoms with Crippen molar-refractivity contribution in [3.05, 3.63) is 54.1 Å². The van der Waals surface area contributed by atoms with Crippen molar-refractivity contribution in [2.45, 2.75) is 26.2 Å². The number of amides is 3. The molecule has 0 aromatic heterocycles. The smallest absolute Gasteiger partial charge is 0.265 e. The number of benzene rings is 2. The predicted molar refractivity (Wildman–Crippen MR) is 116 cm³/mol. The highest BCUT2D eigenvalue weighted by Crippen LogP contribution is 2.34. The molecule has 0 unspecified atom stereocenters. The van der Waals surface area contributed by atoms with Gasteiger partial charge in [-0.3, -0.25) is 24.1 Å². The predicted octanol–water partition coefficient (Wildman–Crippen LogP) is 2.54. The second kappa shape index (κ2) is 10.4. The molecule has 0 atom stereocenters. The maximum Gasteiger partial charge on any atom is 0.265 e. The second-order valence-electron chi connectivity index (χ2n) is 7.14. The Bertz CT molecular complexity index is 974. The Morgan fingerprint density at radius 3 is 2.55 bits per heavy atom. The molecule has 0 saturated heterocycles. The van der Waals surface area contributed by atoms with Crippen LogP contribution in [-0.2, 0) is 14.4 Å². The molecule has 3 rings (SSSR count). The third kappa shape index (κ3) is 5.91. The number of hydrogen-bond donors (Lipinski definition) is 2. The first-order valence-corrected chi connectivity index (χ1v) is 10.2. The zero-order valence-electron chi connectivity index (χ0n) is 17.3. The summed E-state index contributed by atoms with van der Waals surface area (Å²) in [6.45, 7) is 2.19. The Morgan fingerprint density at radius 1 is 1.03 bits per heavy atom. The summed E-state index contributed by atoms with van der Waals surface area (Å²) < 4.78 is 5.44. The molecule has 0 bridgehead atoms. The van der Waals surface area contributed by atoms with Crippen LogP contribution in [0.1, 0.15) is 36.5 Å². The highest BCUT2D eigenvalue weighted by Gasteiger charge is 2.27. The van der Waals surface area contributed by atoms with Gasteiger partial charge in [-0.15, -0.1) is 0 Å². The molecular formula is C23H25N3O5. The Labute approximate surface area is 180 Å². The number of rotatable bonds is 9. The van der Waals surface area contributed by atoms with Gasteiger partial charge in [0, 0.05) is 30.6 Å². The van der Waals surface area contributed by atoms with Crippen molar-refractivity contribution < 1.29 is 23.9 Å². The fourth-order valence-corrected chi connectivity index (χ4v) is 3.14. The van der Waals surface area contributed by atoms with Gasteiger partial charge < -0.3 is 15.4 Å². The summed E-state index contributed by atoms with van der Waals surface area (Å²) in [5.41, 5.74) is 1.44. The number of ketones is 1. The molecule has 1 aliphatic heterocycles. The monoisotopic (exact) mass is 423 g/mol. The minimum atomic E-state index is -0.337. The summed E-state index contributed by atoms with van der Waals surface area (Å²) in [6, 6.07) is 13.7. The van der Waals surface area contributed by atoms with E-state index >= 15 is 0 Å². The van der Waals surface area contributed by atoms with Crippen LogP contribution >= 0.6 is 0 Å². The number of carbonyl (C=O) groups excluding carboxylic acids is 4. The van der Waals surface area contributed by atoms with Gasteiger partial charge in [0.25, 0.3) is 5.91 Å². The molecule has 0 radical (unpaired) electrons. The maximum atomic E-state index is 12.3. The van der Waals surface area contributed by atoms with E-state index in [1.165, 1.54) is 4.90 Å². The molecule has 2 aromatic rings. The van der Waals surface area contributed by atoms with Gasteiger partial charge in [-0.1, -0.05) is 37.3 Å². The molecule has 1 heterocycles. The number of hydrogen-bond acceptors (Lipinski definition) is 5. The molecule has 0 aliphatic carbocycles. The molecule has 3 amide bonds. The third-order valence-electron chi connectivity index (χ3n) is 4.73. The third-order valence-corrected chi connectivity index (χ3v) is 4.73. The number of carbonyl (C=O) groups is 4. The lowest BCUT2D eigenvalue weighted by Gasteiger charge is -2.29. The highest BCUT2D eigenvalue weighted by molar-refractivity contribution is 6.03. The number of nitrogens with one attached hydrogen (secondary N) is 2. The van der Waals surface area contributed by atoms with E-state index in [1.54, 1.807) is 42.5 Å². The van der Waals surface area contributed by atoms with Crippen LogP contribution < -0.4 is 20.3 Å². The van der Waals surface area contributed by atoms with Gasteiger partial charge in [-0.05, 0) is 24.6 Å². The number of anilines is 2. The SMILES string of the molecule is CCCNC(=O)CN1C(=O)COc2ccc(NC(=O)CCC(=O)c3ccccc3)cc21. The van der Waals surface area contributed by atoms with Gasteiger partial charge >= 0.3 is 0 Å². The van der Waals surface area contributed by atoms with Crippen LogP contribution in [0.15, 0.2) is 48.5 Å². The number of ether oxygens (including phenoxy) is 1. The van der Waals surface area contributed by atoms with Crippen molar-refractivity contribution in [2.24, 2.45) is 0 Å². The van der Waals surface area contributed by atoms with E-state index in [0.29, 0.717) is 29.2 Å². The first-order valence-electron chi connectivity index (χ1n) is 10.2. The molecule has 0 spiro atoms. The summed E-state index contributed by atoms with van der Waals surface area (Å²) in [7, 11) is 0. The van der Waals surface area contributed by atoms with E-state index in [9.17, 15) is 19.2 Å². The summed E-state index contributed by atoms with van der Waals surface area (Å²) in [6.07, 6.45) is 0.915. The summed E-state index contributed by atoms with van der Waals surface area (Å²) in [5.74, 6) is -0.572. The quantitative estimate of drug-likeness (QED) is 0.603. The van der Waals surface area contributed by atoms with E-state index in [1.807, 2.05) is 13.0 Å². The van der Waals surface area contributed by atoms with Crippen LogP contribution in [0, 0.1) is 0 Å². The van der Waals surface area contributed by atoms with Crippen molar-refractivity contribution >= 4 is 34.9 Å². The minimum Gasteiger partial charge on any atom is -0.482 e. The molecule has 2 N–H and O–H groups in total. The molecule has 0 fully saturated rings. The Hall–Kier alpha value is -3.68. The van der Waals surface area contributed by atoms with E-state index in [2.05, 4.69) is 10.6 Å². The standard InChI is InChI=1S/C23H25N3O5/c1-2-12-24-22(29)14-26-18-13-17(8-10-20(18)31-15-23(26)30)25-21(28)11-9-19(27)16-6-4-3-5-7-16/h3-8,10,13H,2,9,11-12,14-15H2,1H3,(H,24,29)(H,25,28). The summed E-state index contributed by atoms with van der Waals surface area (Å²) in [4.78, 5) is 50.3. The van der Waals surface area contributed by atoms with Gasteiger partial charge in [-0.2, -0.15) is 0 Å². The van der Waals surface area contributed by atoms with E-state index in [-0.39, 0.29) is 49.5 Å². The van der Waals surface area contributed by atoms with Crippen molar-refractivity contribution in [3.63, 3.8) is 0 Å². The molecule has 8 heteroatoms. The lowest BCUT2D eigenvalue weighted by Crippen LogP contribution is -2.45. The molecule has 31 heavy (non-hydrogen) atoms. The normalized spacial score (nSPS) is 12.5. The van der Waals surface area contributed by atoms with Gasteiger partial charge in [0.15, 0.2) is 12.4 Å². The number of Topliss-reactive ketones (excluding diaryl/α,β-unsaturated/α-hetero) is 1. The topological polar surface area (TPSA) is 105 Å². The lowest BCUT2D eigenvalue weighted by atomic mass is 10.1. The Morgan fingerprint density at radius 2 is 1.81 bits per heavy atom. The molecular weight excluding hydrogens is 398 g/mol. The van der Waals surface area contributed by atoms with Crippen molar-refractivity contribution in [1.82, 2.24) is 5.32 Å². The van der Waals surface area contributed by atoms with Crippen LogP contribution in [0.4, 0.5) is 11.4 Å². The maximum absolute atomic E-state index is 12.3. The van der Waals surface area contributed by atoms with Gasteiger partial charge in [0.1, 0.15) is 12.3 Å². The van der Waals surface area contributed by atoms with Gasteiger partial charge in [0.05, 0.1) is 5.69 Å². The van der Waals surface area contributed by atoms with Crippen LogP contribution in [0.3, 0.4) is 0 Å². The van der Waals surface area contributed by atoms with E-state index in [0.717, 1.165) is 6.42 Å². The fourth-order valence-electron chi connectivity index (χ4n) is 3.14. The minimum absolute atomic E-state index is 0.0311. The van der Waals surface area contributed by atoms with E-state index < -0.39 is 0 Å². The van der Waals surface area contributed by atoms with Crippen LogP contribution in [0.25, 0.3) is 0 Å². The second-order valence-corrected chi connectivity index (χ2v) is 7.14. The molecule has 162 valence electrons. The first-order chi connectivity index (χ1) is 15.0. The van der Waals surface area contributed by atoms with Crippen molar-refractivity contribution in [1.29, 1.82) is 0 Å². The van der Waals surface area contributed by atoms with Crippen LogP contribution in [0.5, 0.6) is 5.75 Å².